The fourth-order valence-corrected chi connectivity index (χ4v) is 9.26. The smallest absolute Gasteiger partial charge is 0.145 e. The van der Waals surface area contributed by atoms with E-state index in [2.05, 4.69) is 138 Å². The second kappa shape index (κ2) is 13.1. The zero-order valence-corrected chi connectivity index (χ0v) is 31.3. The second-order valence-electron chi connectivity index (χ2n) is 13.1. The molecule has 0 bridgehead atoms. The first-order chi connectivity index (χ1) is 25.7. The molecule has 1 aliphatic rings. The minimum absolute atomic E-state index is 0. The monoisotopic (exact) mass is 861 g/mol. The van der Waals surface area contributed by atoms with Crippen LogP contribution in [0, 0.1) is 12.1 Å². The van der Waals surface area contributed by atoms with E-state index in [0.29, 0.717) is 17.1 Å². The molecule has 0 saturated carbocycles. The fourth-order valence-electron chi connectivity index (χ4n) is 7.08. The Labute approximate surface area is 317 Å². The molecule has 6 aromatic carbocycles. The van der Waals surface area contributed by atoms with Gasteiger partial charge in [0.1, 0.15) is 17.2 Å². The molecule has 9 rings (SSSR count). The van der Waals surface area contributed by atoms with E-state index < -0.39 is 15.0 Å². The van der Waals surface area contributed by atoms with Crippen LogP contribution < -0.4 is 20.5 Å². The van der Waals surface area contributed by atoms with E-state index in [-0.39, 0.29) is 21.1 Å². The van der Waals surface area contributed by atoms with Crippen LogP contribution >= 0.6 is 0 Å². The average molecular weight is 862 g/mol. The van der Waals surface area contributed by atoms with E-state index in [1.165, 1.54) is 11.1 Å². The maximum Gasteiger partial charge on any atom is 0.145 e. The molecule has 7 heteroatoms. The van der Waals surface area contributed by atoms with Crippen LogP contribution in [0.25, 0.3) is 49.9 Å². The van der Waals surface area contributed by atoms with Crippen molar-refractivity contribution in [3.63, 3.8) is 0 Å². The van der Waals surface area contributed by atoms with E-state index >= 15 is 0 Å². The molecule has 2 aromatic heterocycles. The van der Waals surface area contributed by atoms with E-state index in [9.17, 15) is 0 Å². The van der Waals surface area contributed by atoms with Crippen LogP contribution in [0.1, 0.15) is 4.11 Å². The first-order valence-electron chi connectivity index (χ1n) is 18.2. The van der Waals surface area contributed by atoms with Crippen molar-refractivity contribution in [3.05, 3.63) is 164 Å². The van der Waals surface area contributed by atoms with Gasteiger partial charge in [0.25, 0.3) is 0 Å². The van der Waals surface area contributed by atoms with Gasteiger partial charge in [-0.1, -0.05) is 104 Å². The Bertz CT molecular complexity index is 2660. The molecule has 0 saturated heterocycles. The van der Waals surface area contributed by atoms with Crippen molar-refractivity contribution in [2.24, 2.45) is 0 Å². The number of hydrogen-bond acceptors (Lipinski definition) is 3. The summed E-state index contributed by atoms with van der Waals surface area (Å²) in [5, 5.41) is 7.22. The third-order valence-electron chi connectivity index (χ3n) is 9.75. The standard InChI is InChI=1S/C44H34N4OSi.Pt/c1-46-41-22-11-12-23-42(41)48(49-46)33-16-13-17-34(29-33)50(2,3)35-24-25-39-38-20-9-10-21-40(38)47(43(39)30-35)44-28-32(26-27-45-44)37-19-8-7-18-36(37)31-14-5-4-6-15-31;/h4-28H,1-3H3;/q-2;/p+1/i1D3;. The fraction of sp³-hybridized carbons (Fsp3) is 0.0682. The van der Waals surface area contributed by atoms with Crippen molar-refractivity contribution in [1.29, 1.82) is 0 Å². The number of aromatic nitrogens is 2. The number of anilines is 3. The molecule has 8 aromatic rings. The third-order valence-corrected chi connectivity index (χ3v) is 13.0. The Morgan fingerprint density at radius 3 is 2.18 bits per heavy atom. The Morgan fingerprint density at radius 1 is 0.647 bits per heavy atom. The quantitative estimate of drug-likeness (QED) is 0.0951. The zero-order valence-electron chi connectivity index (χ0n) is 31.0. The Kier molecular flexibility index (Phi) is 7.58. The van der Waals surface area contributed by atoms with Crippen LogP contribution in [0.3, 0.4) is 0 Å². The number of para-hydroxylation sites is 3. The van der Waals surface area contributed by atoms with E-state index in [4.69, 9.17) is 9.10 Å². The Balaban J connectivity index is 0.00000413. The normalized spacial score (nSPS) is 13.8. The molecule has 0 spiro atoms. The van der Waals surface area contributed by atoms with Gasteiger partial charge >= 0.3 is 0 Å². The predicted molar refractivity (Wildman–Crippen MR) is 209 cm³/mol. The first-order valence-corrected chi connectivity index (χ1v) is 19.7. The van der Waals surface area contributed by atoms with Gasteiger partial charge in [0, 0.05) is 38.5 Å². The predicted octanol–water partition coefficient (Wildman–Crippen LogP) is 9.36. The molecule has 0 radical (unpaired) electrons. The molecular weight excluding hydrogens is 824 g/mol. The van der Waals surface area contributed by atoms with E-state index in [1.54, 1.807) is 11.1 Å². The van der Waals surface area contributed by atoms with Crippen molar-refractivity contribution in [3.8, 4) is 28.1 Å². The summed E-state index contributed by atoms with van der Waals surface area (Å²) in [5.41, 5.74) is 8.54. The number of benzene rings is 6. The topological polar surface area (TPSA) is 37.1 Å². The van der Waals surface area contributed by atoms with Crippen LogP contribution in [-0.2, 0) is 21.1 Å². The summed E-state index contributed by atoms with van der Waals surface area (Å²) in [4.78, 5) is 9.47. The van der Waals surface area contributed by atoms with Crippen molar-refractivity contribution >= 4 is 57.3 Å². The van der Waals surface area contributed by atoms with Crippen LogP contribution in [0.5, 0.6) is 0 Å². The molecule has 1 N–H and O–H groups in total. The number of nitrogens with zero attached hydrogens (tertiary/aromatic N) is 4. The summed E-state index contributed by atoms with van der Waals surface area (Å²) >= 11 is 0. The molecular formula is C44H35N4OPtSi-. The van der Waals surface area contributed by atoms with E-state index in [1.807, 2.05) is 42.6 Å². The zero-order chi connectivity index (χ0) is 36.3. The SMILES string of the molecule is [2H]C([2H])([2H])N1[OH+]N(c2[c-]c([Si](C)(C)c3[c-]c4c(cc3)c3ccccc3n4-c3cc(-c4ccccc4-c4ccccc4)ccn3)ccc2)c2ccccc21.[Pt]. The summed E-state index contributed by atoms with van der Waals surface area (Å²) in [5.74, 6) is 0.825. The summed E-state index contributed by atoms with van der Waals surface area (Å²) < 4.78 is 26.5. The Morgan fingerprint density at radius 2 is 1.35 bits per heavy atom. The molecule has 0 amide bonds. The van der Waals surface area contributed by atoms with Crippen LogP contribution in [0.15, 0.2) is 152 Å². The van der Waals surface area contributed by atoms with Gasteiger partial charge in [-0.15, -0.1) is 21.6 Å². The first kappa shape index (κ1) is 29.5. The van der Waals surface area contributed by atoms with Crippen molar-refractivity contribution in [2.45, 2.75) is 13.1 Å². The maximum atomic E-state index is 8.08. The van der Waals surface area contributed by atoms with Crippen molar-refractivity contribution in [1.82, 2.24) is 9.55 Å². The van der Waals surface area contributed by atoms with Gasteiger partial charge in [-0.05, 0) is 58.0 Å². The third kappa shape index (κ3) is 5.60. The average Bonchev–Trinajstić information content (AvgIpc) is 3.75. The molecule has 5 nitrogen and oxygen atoms in total. The van der Waals surface area contributed by atoms with Gasteiger partial charge in [0.2, 0.25) is 0 Å². The molecule has 0 unspecified atom stereocenters. The van der Waals surface area contributed by atoms with Crippen molar-refractivity contribution in [2.75, 3.05) is 17.1 Å². The second-order valence-corrected chi connectivity index (χ2v) is 17.4. The van der Waals surface area contributed by atoms with Gasteiger partial charge in [0.15, 0.2) is 0 Å². The van der Waals surface area contributed by atoms with Crippen LogP contribution in [0.4, 0.5) is 17.1 Å². The van der Waals surface area contributed by atoms with Gasteiger partial charge < -0.3 is 4.57 Å². The largest absolute Gasteiger partial charge is 0.319 e. The van der Waals surface area contributed by atoms with Crippen LogP contribution in [0.2, 0.25) is 13.1 Å². The number of pyridine rings is 1. The summed E-state index contributed by atoms with van der Waals surface area (Å²) in [6.07, 6.45) is 1.89. The molecule has 0 aliphatic carbocycles. The van der Waals surface area contributed by atoms with Crippen molar-refractivity contribution < 1.29 is 30.1 Å². The molecule has 3 heterocycles. The molecule has 252 valence electrons. The van der Waals surface area contributed by atoms with Crippen LogP contribution in [-0.4, -0.2) is 29.5 Å². The number of fused-ring (bicyclic) bond motifs is 4. The summed E-state index contributed by atoms with van der Waals surface area (Å²) in [6, 6.07) is 57.1. The summed E-state index contributed by atoms with van der Waals surface area (Å²) in [6.45, 7) is 2.19. The molecule has 51 heavy (non-hydrogen) atoms. The maximum absolute atomic E-state index is 8.08. The summed E-state index contributed by atoms with van der Waals surface area (Å²) in [7, 11) is -2.42. The molecule has 1 aliphatic heterocycles. The Hall–Kier alpha value is -5.26. The van der Waals surface area contributed by atoms with Gasteiger partial charge in [-0.25, -0.2) is 4.98 Å². The van der Waals surface area contributed by atoms with Gasteiger partial charge in [-0.2, -0.15) is 51.7 Å². The minimum atomic E-state index is -2.42. The number of hydrogen-bond donors (Lipinski definition) is 0. The van der Waals surface area contributed by atoms with Gasteiger partial charge in [0.05, 0.1) is 19.2 Å². The van der Waals surface area contributed by atoms with Gasteiger partial charge in [-0.3, -0.25) is 0 Å². The van der Waals surface area contributed by atoms with E-state index in [0.717, 1.165) is 54.2 Å². The number of rotatable bonds is 6. The minimum Gasteiger partial charge on any atom is -0.319 e. The molecule has 0 atom stereocenters. The number of hydroxylamine groups is 1. The molecule has 0 fully saturated rings.